The minimum absolute atomic E-state index is 0.0168. The number of phenols is 1. The average molecular weight is 526 g/mol. The SMILES string of the molecule is CN=C(CC(C)CC(=O)NCCCC(=O)NC1=CC=CC2C1C1C(=O)c3ccccc3C21)c1ccc(O)cc1. The van der Waals surface area contributed by atoms with Gasteiger partial charge in [-0.1, -0.05) is 43.3 Å². The Kier molecular flexibility index (Phi) is 7.77. The lowest BCUT2D eigenvalue weighted by molar-refractivity contribution is -0.123. The minimum Gasteiger partial charge on any atom is -0.508 e. The highest BCUT2D eigenvalue weighted by molar-refractivity contribution is 6.05. The summed E-state index contributed by atoms with van der Waals surface area (Å²) in [7, 11) is 1.73. The molecule has 5 atom stereocenters. The van der Waals surface area contributed by atoms with E-state index in [9.17, 15) is 19.5 Å². The molecule has 3 aliphatic carbocycles. The first-order chi connectivity index (χ1) is 18.9. The van der Waals surface area contributed by atoms with E-state index in [1.54, 1.807) is 19.2 Å². The van der Waals surface area contributed by atoms with Crippen LogP contribution in [0.4, 0.5) is 0 Å². The molecule has 0 spiro atoms. The van der Waals surface area contributed by atoms with Crippen LogP contribution in [0.1, 0.15) is 60.0 Å². The van der Waals surface area contributed by atoms with Gasteiger partial charge in [-0.3, -0.25) is 19.4 Å². The summed E-state index contributed by atoms with van der Waals surface area (Å²) in [5.41, 5.74) is 4.61. The number of carbonyl (C=O) groups excluding carboxylic acids is 3. The van der Waals surface area contributed by atoms with E-state index in [2.05, 4.69) is 27.8 Å². The third-order valence-electron chi connectivity index (χ3n) is 8.19. The Hall–Kier alpha value is -4.00. The van der Waals surface area contributed by atoms with E-state index in [0.717, 1.165) is 28.1 Å². The summed E-state index contributed by atoms with van der Waals surface area (Å²) < 4.78 is 0. The lowest BCUT2D eigenvalue weighted by atomic mass is 9.54. The predicted octanol–water partition coefficient (Wildman–Crippen LogP) is 4.54. The van der Waals surface area contributed by atoms with E-state index in [1.807, 2.05) is 49.4 Å². The van der Waals surface area contributed by atoms with E-state index < -0.39 is 0 Å². The molecule has 5 unspecified atom stereocenters. The summed E-state index contributed by atoms with van der Waals surface area (Å²) in [5.74, 6) is 0.693. The normalized spacial score (nSPS) is 23.6. The number of nitrogens with zero attached hydrogens (tertiary/aromatic N) is 1. The van der Waals surface area contributed by atoms with E-state index in [1.165, 1.54) is 0 Å². The highest BCUT2D eigenvalue weighted by atomic mass is 16.3. The van der Waals surface area contributed by atoms with Crippen molar-refractivity contribution in [3.63, 3.8) is 0 Å². The van der Waals surface area contributed by atoms with Crippen molar-refractivity contribution >= 4 is 23.3 Å². The molecule has 0 aromatic heterocycles. The number of hydrogen-bond acceptors (Lipinski definition) is 5. The molecule has 0 radical (unpaired) electrons. The number of rotatable bonds is 10. The molecule has 1 saturated carbocycles. The highest BCUT2D eigenvalue weighted by Gasteiger charge is 2.59. The van der Waals surface area contributed by atoms with Crippen molar-refractivity contribution in [3.05, 3.63) is 89.1 Å². The van der Waals surface area contributed by atoms with Gasteiger partial charge in [-0.25, -0.2) is 0 Å². The molecule has 7 heteroatoms. The van der Waals surface area contributed by atoms with Crippen molar-refractivity contribution in [3.8, 4) is 5.75 Å². The first kappa shape index (κ1) is 26.6. The molecule has 0 saturated heterocycles. The molecule has 0 aliphatic heterocycles. The number of carbonyl (C=O) groups is 3. The van der Waals surface area contributed by atoms with E-state index >= 15 is 0 Å². The molecule has 2 aromatic rings. The van der Waals surface area contributed by atoms with Gasteiger partial charge in [0.2, 0.25) is 11.8 Å². The van der Waals surface area contributed by atoms with Gasteiger partial charge in [0, 0.05) is 61.2 Å². The van der Waals surface area contributed by atoms with Gasteiger partial charge in [0.05, 0.1) is 0 Å². The van der Waals surface area contributed by atoms with Gasteiger partial charge in [-0.05, 0) is 66.1 Å². The number of aliphatic imine (C=N–C) groups is 1. The number of fused-ring (bicyclic) bond motifs is 6. The van der Waals surface area contributed by atoms with E-state index in [0.29, 0.717) is 32.2 Å². The van der Waals surface area contributed by atoms with Crippen LogP contribution in [-0.4, -0.2) is 42.0 Å². The van der Waals surface area contributed by atoms with Gasteiger partial charge in [-0.2, -0.15) is 0 Å². The molecule has 0 bridgehead atoms. The molecule has 5 rings (SSSR count). The van der Waals surface area contributed by atoms with Crippen molar-refractivity contribution in [1.82, 2.24) is 10.6 Å². The summed E-state index contributed by atoms with van der Waals surface area (Å²) in [6.45, 7) is 2.44. The molecule has 2 aromatic carbocycles. The molecule has 39 heavy (non-hydrogen) atoms. The number of nitrogens with one attached hydrogen (secondary N) is 2. The fraction of sp³-hybridized carbons (Fsp3) is 0.375. The third-order valence-corrected chi connectivity index (χ3v) is 8.19. The number of hydrogen-bond donors (Lipinski definition) is 3. The summed E-state index contributed by atoms with van der Waals surface area (Å²) >= 11 is 0. The Morgan fingerprint density at radius 3 is 2.54 bits per heavy atom. The maximum Gasteiger partial charge on any atom is 0.224 e. The van der Waals surface area contributed by atoms with Crippen LogP contribution in [0.2, 0.25) is 0 Å². The van der Waals surface area contributed by atoms with Crippen molar-refractivity contribution in [2.24, 2.45) is 28.7 Å². The second-order valence-electron chi connectivity index (χ2n) is 10.8. The zero-order valence-electron chi connectivity index (χ0n) is 22.4. The van der Waals surface area contributed by atoms with Crippen LogP contribution in [0, 0.1) is 23.7 Å². The van der Waals surface area contributed by atoms with Crippen molar-refractivity contribution in [2.45, 2.75) is 38.5 Å². The first-order valence-electron chi connectivity index (χ1n) is 13.7. The smallest absolute Gasteiger partial charge is 0.224 e. The van der Waals surface area contributed by atoms with Crippen molar-refractivity contribution in [1.29, 1.82) is 0 Å². The quantitative estimate of drug-likeness (QED) is 0.313. The van der Waals surface area contributed by atoms with Crippen molar-refractivity contribution < 1.29 is 19.5 Å². The zero-order chi connectivity index (χ0) is 27.5. The van der Waals surface area contributed by atoms with Gasteiger partial charge in [-0.15, -0.1) is 0 Å². The van der Waals surface area contributed by atoms with Crippen LogP contribution in [0.3, 0.4) is 0 Å². The number of ketones is 1. The standard InChI is InChI=1S/C32H35N3O4/c1-19(17-26(33-2)20-12-14-21(36)15-13-20)18-28(38)34-16-6-11-27(37)35-25-10-5-9-24-29-22-7-3-4-8-23(22)32(39)31(29)30(24)25/h3-5,7-10,12-15,19,24,29-31,36H,6,11,16-18H2,1-2H3,(H,34,38)(H,35,37). The lowest BCUT2D eigenvalue weighted by Gasteiger charge is -2.49. The van der Waals surface area contributed by atoms with Crippen LogP contribution in [0.25, 0.3) is 0 Å². The summed E-state index contributed by atoms with van der Waals surface area (Å²) in [5, 5.41) is 15.5. The largest absolute Gasteiger partial charge is 0.508 e. The Morgan fingerprint density at radius 2 is 1.77 bits per heavy atom. The highest BCUT2D eigenvalue weighted by Crippen LogP contribution is 2.61. The Bertz CT molecular complexity index is 1360. The lowest BCUT2D eigenvalue weighted by Crippen LogP contribution is -2.49. The Labute approximate surface area is 229 Å². The maximum absolute atomic E-state index is 13.0. The maximum atomic E-state index is 13.0. The van der Waals surface area contributed by atoms with Crippen molar-refractivity contribution in [2.75, 3.05) is 13.6 Å². The fourth-order valence-electron chi connectivity index (χ4n) is 6.35. The van der Waals surface area contributed by atoms with Gasteiger partial charge in [0.1, 0.15) is 5.75 Å². The van der Waals surface area contributed by atoms with E-state index in [-0.39, 0.29) is 52.9 Å². The molecule has 202 valence electrons. The molecule has 7 nitrogen and oxygen atoms in total. The number of allylic oxidation sites excluding steroid dienone is 4. The molecule has 0 heterocycles. The van der Waals surface area contributed by atoms with Gasteiger partial charge >= 0.3 is 0 Å². The molecule has 3 aliphatic rings. The van der Waals surface area contributed by atoms with Gasteiger partial charge < -0.3 is 15.7 Å². The van der Waals surface area contributed by atoms with E-state index in [4.69, 9.17) is 0 Å². The van der Waals surface area contributed by atoms with Crippen LogP contribution in [0.15, 0.2) is 77.4 Å². The van der Waals surface area contributed by atoms with Gasteiger partial charge in [0.15, 0.2) is 5.78 Å². The van der Waals surface area contributed by atoms with Crippen LogP contribution in [-0.2, 0) is 9.59 Å². The fourth-order valence-corrected chi connectivity index (χ4v) is 6.35. The topological polar surface area (TPSA) is 108 Å². The second-order valence-corrected chi connectivity index (χ2v) is 10.8. The van der Waals surface area contributed by atoms with Crippen LogP contribution >= 0.6 is 0 Å². The molecule has 2 amide bonds. The van der Waals surface area contributed by atoms with Crippen LogP contribution < -0.4 is 10.6 Å². The minimum atomic E-state index is -0.0995. The molecule has 3 N–H and O–H groups in total. The third kappa shape index (κ3) is 5.44. The first-order valence-corrected chi connectivity index (χ1v) is 13.7. The Balaban J connectivity index is 1.04. The second kappa shape index (κ2) is 11.4. The number of Topliss-reactive ketones (excluding diaryl/α,β-unsaturated/α-hetero) is 1. The number of amides is 2. The monoisotopic (exact) mass is 525 g/mol. The predicted molar refractivity (Wildman–Crippen MR) is 151 cm³/mol. The summed E-state index contributed by atoms with van der Waals surface area (Å²) in [6, 6.07) is 14.8. The molecular weight excluding hydrogens is 490 g/mol. The average Bonchev–Trinajstić information content (AvgIpc) is 3.16. The molecular formula is C32H35N3O4. The zero-order valence-corrected chi connectivity index (χ0v) is 22.4. The van der Waals surface area contributed by atoms with Gasteiger partial charge in [0.25, 0.3) is 0 Å². The summed E-state index contributed by atoms with van der Waals surface area (Å²) in [4.78, 5) is 42.6. The Morgan fingerprint density at radius 1 is 1.00 bits per heavy atom. The number of benzene rings is 2. The number of aromatic hydroxyl groups is 1. The molecule has 1 fully saturated rings. The van der Waals surface area contributed by atoms with Crippen LogP contribution in [0.5, 0.6) is 5.75 Å². The summed E-state index contributed by atoms with van der Waals surface area (Å²) in [6.07, 6.45) is 7.91. The number of phenolic OH excluding ortho intramolecular Hbond substituents is 1.